The first-order chi connectivity index (χ1) is 22.5. The van der Waals surface area contributed by atoms with Gasteiger partial charge in [0.05, 0.1) is 13.2 Å². The van der Waals surface area contributed by atoms with Gasteiger partial charge in [-0.05, 0) is 83.9 Å². The normalized spacial score (nSPS) is 16.1. The summed E-state index contributed by atoms with van der Waals surface area (Å²) in [6.07, 6.45) is 3.40. The molecule has 0 aliphatic carbocycles. The van der Waals surface area contributed by atoms with Gasteiger partial charge in [-0.1, -0.05) is 60.7 Å². The molecule has 46 heavy (non-hydrogen) atoms. The van der Waals surface area contributed by atoms with Crippen molar-refractivity contribution < 1.29 is 28.5 Å². The van der Waals surface area contributed by atoms with Crippen LogP contribution in [0.25, 0.3) is 33.7 Å². The van der Waals surface area contributed by atoms with E-state index in [-0.39, 0.29) is 23.2 Å². The van der Waals surface area contributed by atoms with Gasteiger partial charge in [0.2, 0.25) is 11.8 Å². The number of benzene rings is 5. The number of fused-ring (bicyclic) bond motifs is 2. The molecule has 226 valence electrons. The Morgan fingerprint density at radius 3 is 1.39 bits per heavy atom. The highest BCUT2D eigenvalue weighted by Crippen LogP contribution is 2.33. The molecule has 0 spiro atoms. The molecule has 0 aromatic heterocycles. The maximum absolute atomic E-state index is 12.9. The van der Waals surface area contributed by atoms with E-state index in [4.69, 9.17) is 18.9 Å². The van der Waals surface area contributed by atoms with E-state index in [0.717, 1.165) is 32.7 Å². The molecular weight excluding hydrogens is 580 g/mol. The monoisotopic (exact) mass is 608 g/mol. The highest BCUT2D eigenvalue weighted by Gasteiger charge is 2.27. The summed E-state index contributed by atoms with van der Waals surface area (Å²) in [5.41, 5.74) is 3.02. The summed E-state index contributed by atoms with van der Waals surface area (Å²) < 4.78 is 22.8. The largest absolute Gasteiger partial charge is 0.493 e. The molecular formula is C38H28N2O6. The SMILES string of the molecule is CCOc1ccc2ccccc2c1/C=C1\N=C(c2ccc(C3=N/C(=C\c4c(OCC)ccc5ccccc45)C(=O)O3)cc2)OC1=O. The van der Waals surface area contributed by atoms with Crippen molar-refractivity contribution >= 4 is 57.4 Å². The Morgan fingerprint density at radius 2 is 0.978 bits per heavy atom. The molecule has 7 rings (SSSR count). The van der Waals surface area contributed by atoms with Crippen LogP contribution in [-0.4, -0.2) is 36.9 Å². The molecule has 0 saturated heterocycles. The minimum Gasteiger partial charge on any atom is -0.493 e. The summed E-state index contributed by atoms with van der Waals surface area (Å²) in [4.78, 5) is 34.8. The molecule has 0 fully saturated rings. The Balaban J connectivity index is 1.18. The van der Waals surface area contributed by atoms with Crippen molar-refractivity contribution in [3.8, 4) is 11.5 Å². The van der Waals surface area contributed by atoms with Gasteiger partial charge in [0.25, 0.3) is 0 Å². The van der Waals surface area contributed by atoms with Gasteiger partial charge in [-0.25, -0.2) is 19.6 Å². The van der Waals surface area contributed by atoms with Crippen molar-refractivity contribution in [2.75, 3.05) is 13.2 Å². The number of rotatable bonds is 8. The molecule has 2 aliphatic rings. The predicted molar refractivity (Wildman–Crippen MR) is 178 cm³/mol. The molecule has 8 heteroatoms. The van der Waals surface area contributed by atoms with Crippen LogP contribution in [0.2, 0.25) is 0 Å². The van der Waals surface area contributed by atoms with Gasteiger partial charge in [0.1, 0.15) is 11.5 Å². The molecule has 2 heterocycles. The van der Waals surface area contributed by atoms with Crippen LogP contribution in [-0.2, 0) is 19.1 Å². The van der Waals surface area contributed by atoms with Gasteiger partial charge in [-0.2, -0.15) is 0 Å². The summed E-state index contributed by atoms with van der Waals surface area (Å²) in [6, 6.07) is 30.5. The number of nitrogens with zero attached hydrogens (tertiary/aromatic N) is 2. The van der Waals surface area contributed by atoms with Crippen molar-refractivity contribution in [3.05, 3.63) is 131 Å². The number of cyclic esters (lactones) is 2. The Bertz CT molecular complexity index is 2000. The topological polar surface area (TPSA) is 95.8 Å². The average molecular weight is 609 g/mol. The average Bonchev–Trinajstić information content (AvgIpc) is 3.64. The molecule has 0 amide bonds. The third-order valence-corrected chi connectivity index (χ3v) is 7.64. The second kappa shape index (κ2) is 12.2. The first-order valence-corrected chi connectivity index (χ1v) is 15.0. The summed E-state index contributed by atoms with van der Waals surface area (Å²) in [7, 11) is 0. The zero-order valence-electron chi connectivity index (χ0n) is 25.2. The highest BCUT2D eigenvalue weighted by atomic mass is 16.6. The van der Waals surface area contributed by atoms with Gasteiger partial charge in [0, 0.05) is 22.3 Å². The van der Waals surface area contributed by atoms with Crippen LogP contribution in [0.15, 0.2) is 118 Å². The molecule has 2 aliphatic heterocycles. The third kappa shape index (κ3) is 5.41. The Morgan fingerprint density at radius 1 is 0.565 bits per heavy atom. The van der Waals surface area contributed by atoms with Crippen molar-refractivity contribution in [2.45, 2.75) is 13.8 Å². The van der Waals surface area contributed by atoms with E-state index in [2.05, 4.69) is 9.98 Å². The summed E-state index contributed by atoms with van der Waals surface area (Å²) >= 11 is 0. The lowest BCUT2D eigenvalue weighted by molar-refractivity contribution is -0.130. The van der Waals surface area contributed by atoms with Crippen LogP contribution in [0.4, 0.5) is 0 Å². The van der Waals surface area contributed by atoms with Crippen LogP contribution < -0.4 is 9.47 Å². The molecule has 5 aromatic rings. The predicted octanol–water partition coefficient (Wildman–Crippen LogP) is 7.48. The number of carbonyl (C=O) groups is 2. The van der Waals surface area contributed by atoms with E-state index in [1.165, 1.54) is 0 Å². The zero-order valence-corrected chi connectivity index (χ0v) is 25.2. The first kappa shape index (κ1) is 28.7. The zero-order chi connectivity index (χ0) is 31.6. The standard InChI is InChI=1S/C38H28N2O6/c1-3-43-33-19-17-23-9-5-7-11-27(23)29(33)21-31-37(41)45-35(39-31)25-13-15-26(16-14-25)36-40-32(38(42)46-36)22-30-28-12-8-6-10-24(28)18-20-34(30)44-4-2/h5-22H,3-4H2,1-2H3/b31-21-,32-22-. The summed E-state index contributed by atoms with van der Waals surface area (Å²) in [5.74, 6) is 0.544. The Kier molecular flexibility index (Phi) is 7.60. The van der Waals surface area contributed by atoms with Crippen LogP contribution in [0.3, 0.4) is 0 Å². The van der Waals surface area contributed by atoms with Crippen LogP contribution in [0, 0.1) is 0 Å². The van der Waals surface area contributed by atoms with Crippen LogP contribution in [0.5, 0.6) is 11.5 Å². The van der Waals surface area contributed by atoms with E-state index in [1.807, 2.05) is 86.6 Å². The second-order valence-electron chi connectivity index (χ2n) is 10.5. The van der Waals surface area contributed by atoms with Gasteiger partial charge >= 0.3 is 11.9 Å². The van der Waals surface area contributed by atoms with Gasteiger partial charge < -0.3 is 18.9 Å². The number of carbonyl (C=O) groups excluding carboxylic acids is 2. The van der Waals surface area contributed by atoms with E-state index in [9.17, 15) is 9.59 Å². The van der Waals surface area contributed by atoms with Gasteiger partial charge in [0.15, 0.2) is 11.4 Å². The van der Waals surface area contributed by atoms with E-state index >= 15 is 0 Å². The minimum atomic E-state index is -0.557. The summed E-state index contributed by atoms with van der Waals surface area (Å²) in [5, 5.41) is 3.92. The van der Waals surface area contributed by atoms with E-state index in [1.54, 1.807) is 36.4 Å². The molecule has 0 N–H and O–H groups in total. The van der Waals surface area contributed by atoms with Crippen LogP contribution >= 0.6 is 0 Å². The van der Waals surface area contributed by atoms with Gasteiger partial charge in [-0.3, -0.25) is 0 Å². The van der Waals surface area contributed by atoms with Crippen molar-refractivity contribution in [1.82, 2.24) is 0 Å². The molecule has 0 atom stereocenters. The lowest BCUT2D eigenvalue weighted by atomic mass is 10.0. The third-order valence-electron chi connectivity index (χ3n) is 7.64. The molecule has 0 unspecified atom stereocenters. The fraction of sp³-hybridized carbons (Fsp3) is 0.105. The van der Waals surface area contributed by atoms with E-state index < -0.39 is 11.9 Å². The van der Waals surface area contributed by atoms with Gasteiger partial charge in [-0.15, -0.1) is 0 Å². The van der Waals surface area contributed by atoms with Crippen molar-refractivity contribution in [1.29, 1.82) is 0 Å². The first-order valence-electron chi connectivity index (χ1n) is 15.0. The number of hydrogen-bond acceptors (Lipinski definition) is 8. The number of hydrogen-bond donors (Lipinski definition) is 0. The molecule has 0 saturated carbocycles. The van der Waals surface area contributed by atoms with Crippen molar-refractivity contribution in [3.63, 3.8) is 0 Å². The number of ether oxygens (including phenoxy) is 4. The fourth-order valence-electron chi connectivity index (χ4n) is 5.51. The maximum atomic E-state index is 12.9. The molecule has 5 aromatic carbocycles. The molecule has 0 radical (unpaired) electrons. The van der Waals surface area contributed by atoms with E-state index in [0.29, 0.717) is 35.8 Å². The Labute approximate surface area is 264 Å². The van der Waals surface area contributed by atoms with Crippen molar-refractivity contribution in [2.24, 2.45) is 9.98 Å². The minimum absolute atomic E-state index is 0.167. The molecule has 0 bridgehead atoms. The molecule has 8 nitrogen and oxygen atoms in total. The highest BCUT2D eigenvalue weighted by molar-refractivity contribution is 6.15. The lowest BCUT2D eigenvalue weighted by Gasteiger charge is -2.10. The smallest absolute Gasteiger partial charge is 0.363 e. The quantitative estimate of drug-likeness (QED) is 0.134. The second-order valence-corrected chi connectivity index (χ2v) is 10.5. The number of esters is 2. The Hall–Kier alpha value is -6.02. The number of aliphatic imine (C=N–C) groups is 2. The lowest BCUT2D eigenvalue weighted by Crippen LogP contribution is -2.08. The fourth-order valence-corrected chi connectivity index (χ4v) is 5.51. The maximum Gasteiger partial charge on any atom is 0.363 e. The van der Waals surface area contributed by atoms with Crippen LogP contribution in [0.1, 0.15) is 36.1 Å². The summed E-state index contributed by atoms with van der Waals surface area (Å²) in [6.45, 7) is 4.78.